The largest absolute Gasteiger partial charge is 0.486 e. The molecule has 3 aromatic rings. The van der Waals surface area contributed by atoms with Crippen molar-refractivity contribution in [2.75, 3.05) is 18.2 Å². The quantitative estimate of drug-likeness (QED) is 0.272. The number of ether oxygens (including phenoxy) is 2. The second-order valence-electron chi connectivity index (χ2n) is 9.13. The number of nitrogens with one attached hydrogen (secondary N) is 1. The van der Waals surface area contributed by atoms with Crippen molar-refractivity contribution in [3.05, 3.63) is 51.2 Å². The lowest BCUT2D eigenvalue weighted by Crippen LogP contribution is -2.17. The number of hydrogen-bond donors (Lipinski definition) is 1. The molecule has 1 aliphatic carbocycles. The van der Waals surface area contributed by atoms with E-state index >= 15 is 0 Å². The van der Waals surface area contributed by atoms with E-state index in [9.17, 15) is 9.59 Å². The molecule has 0 fully saturated rings. The van der Waals surface area contributed by atoms with Crippen molar-refractivity contribution in [2.45, 2.75) is 77.6 Å². The number of aromatic nitrogens is 3. The lowest BCUT2D eigenvalue weighted by Gasteiger charge is -2.11. The molecule has 37 heavy (non-hydrogen) atoms. The average Bonchev–Trinajstić information content (AvgIpc) is 3.42. The predicted octanol–water partition coefficient (Wildman–Crippen LogP) is 5.73. The predicted molar refractivity (Wildman–Crippen MR) is 147 cm³/mol. The fourth-order valence-corrected chi connectivity index (χ4v) is 6.53. The first kappa shape index (κ1) is 27.2. The van der Waals surface area contributed by atoms with Gasteiger partial charge in [-0.1, -0.05) is 30.7 Å². The molecule has 0 saturated heterocycles. The van der Waals surface area contributed by atoms with Gasteiger partial charge in [-0.3, -0.25) is 4.79 Å². The van der Waals surface area contributed by atoms with Crippen LogP contribution in [0.1, 0.15) is 70.4 Å². The summed E-state index contributed by atoms with van der Waals surface area (Å²) in [6.07, 6.45) is 6.26. The van der Waals surface area contributed by atoms with Gasteiger partial charge in [0.15, 0.2) is 11.0 Å². The zero-order chi connectivity index (χ0) is 26.4. The molecule has 0 spiro atoms. The zero-order valence-electron chi connectivity index (χ0n) is 21.9. The van der Waals surface area contributed by atoms with Crippen LogP contribution in [0.4, 0.5) is 5.00 Å². The minimum atomic E-state index is -0.389. The van der Waals surface area contributed by atoms with Crippen LogP contribution in [0.15, 0.2) is 23.4 Å². The Morgan fingerprint density at radius 1 is 1.11 bits per heavy atom. The molecule has 4 rings (SSSR count). The number of carbonyl (C=O) groups excluding carboxylic acids is 2. The maximum atomic E-state index is 12.9. The van der Waals surface area contributed by atoms with Crippen molar-refractivity contribution < 1.29 is 19.1 Å². The number of methoxy groups -OCH3 is 1. The van der Waals surface area contributed by atoms with E-state index in [2.05, 4.69) is 29.4 Å². The molecule has 1 N–H and O–H groups in total. The number of anilines is 1. The second-order valence-corrected chi connectivity index (χ2v) is 11.2. The molecule has 8 nitrogen and oxygen atoms in total. The minimum Gasteiger partial charge on any atom is -0.486 e. The molecule has 0 atom stereocenters. The Labute approximate surface area is 226 Å². The maximum absolute atomic E-state index is 12.9. The minimum absolute atomic E-state index is 0.152. The van der Waals surface area contributed by atoms with E-state index < -0.39 is 0 Å². The summed E-state index contributed by atoms with van der Waals surface area (Å²) in [7, 11) is 1.38. The number of aryl methyl sites for hydroxylation is 3. The first-order valence-corrected chi connectivity index (χ1v) is 14.5. The third kappa shape index (κ3) is 6.54. The number of fused-ring (bicyclic) bond motifs is 1. The number of thiophene rings is 1. The summed E-state index contributed by atoms with van der Waals surface area (Å²) in [4.78, 5) is 26.7. The Hall–Kier alpha value is -2.85. The highest BCUT2D eigenvalue weighted by Gasteiger charge is 2.26. The number of hydrogen-bond acceptors (Lipinski definition) is 8. The van der Waals surface area contributed by atoms with Gasteiger partial charge in [0.1, 0.15) is 17.4 Å². The van der Waals surface area contributed by atoms with Gasteiger partial charge in [0.05, 0.1) is 18.4 Å². The van der Waals surface area contributed by atoms with Gasteiger partial charge >= 0.3 is 5.97 Å². The highest BCUT2D eigenvalue weighted by molar-refractivity contribution is 7.99. The SMILES string of the molecule is CCn1c(COc2ccc(C)c(C)c2)nnc1SCC(=O)Nc1sc2c(c1C(=O)OC)CCCCCC2. The molecule has 1 aromatic carbocycles. The van der Waals surface area contributed by atoms with Gasteiger partial charge in [0, 0.05) is 11.4 Å². The Morgan fingerprint density at radius 3 is 2.62 bits per heavy atom. The van der Waals surface area contributed by atoms with Crippen LogP contribution in [0.5, 0.6) is 5.75 Å². The Kier molecular flexibility index (Phi) is 9.26. The molecule has 2 heterocycles. The van der Waals surface area contributed by atoms with E-state index in [1.807, 2.05) is 29.7 Å². The summed E-state index contributed by atoms with van der Waals surface area (Å²) in [5.41, 5.74) is 3.95. The van der Waals surface area contributed by atoms with Crippen LogP contribution in [0.25, 0.3) is 0 Å². The average molecular weight is 543 g/mol. The number of carbonyl (C=O) groups is 2. The van der Waals surface area contributed by atoms with Crippen molar-refractivity contribution in [3.8, 4) is 5.75 Å². The zero-order valence-corrected chi connectivity index (χ0v) is 23.5. The Morgan fingerprint density at radius 2 is 1.89 bits per heavy atom. The van der Waals surface area contributed by atoms with E-state index in [1.165, 1.54) is 52.6 Å². The summed E-state index contributed by atoms with van der Waals surface area (Å²) in [6.45, 7) is 7.08. The normalized spacial score (nSPS) is 13.4. The summed E-state index contributed by atoms with van der Waals surface area (Å²) in [5.74, 6) is 1.06. The van der Waals surface area contributed by atoms with Gasteiger partial charge in [-0.05, 0) is 75.3 Å². The first-order chi connectivity index (χ1) is 17.9. The van der Waals surface area contributed by atoms with Gasteiger partial charge in [0.25, 0.3) is 0 Å². The molecule has 0 unspecified atom stereocenters. The van der Waals surface area contributed by atoms with Crippen LogP contribution < -0.4 is 10.1 Å². The topological polar surface area (TPSA) is 95.3 Å². The van der Waals surface area contributed by atoms with E-state index in [0.717, 1.165) is 43.4 Å². The fraction of sp³-hybridized carbons (Fsp3) is 0.481. The van der Waals surface area contributed by atoms with Gasteiger partial charge in [-0.15, -0.1) is 21.5 Å². The van der Waals surface area contributed by atoms with Crippen LogP contribution >= 0.6 is 23.1 Å². The van der Waals surface area contributed by atoms with Crippen molar-refractivity contribution >= 4 is 40.0 Å². The third-order valence-electron chi connectivity index (χ3n) is 6.60. The lowest BCUT2D eigenvalue weighted by atomic mass is 9.96. The standard InChI is InChI=1S/C27H34N4O4S2/c1-5-31-22(15-35-19-13-12-17(2)18(3)14-19)29-30-27(31)36-16-23(32)28-25-24(26(33)34-4)20-10-8-6-7-9-11-21(20)37-25/h12-14H,5-11,15-16H2,1-4H3,(H,28,32). The molecule has 198 valence electrons. The number of thioether (sulfide) groups is 1. The molecule has 0 bridgehead atoms. The molecule has 2 aromatic heterocycles. The first-order valence-electron chi connectivity index (χ1n) is 12.7. The molecule has 1 aliphatic rings. The molecule has 1 amide bonds. The summed E-state index contributed by atoms with van der Waals surface area (Å²) in [6, 6.07) is 5.99. The van der Waals surface area contributed by atoms with Crippen LogP contribution in [0, 0.1) is 13.8 Å². The third-order valence-corrected chi connectivity index (χ3v) is 8.78. The van der Waals surface area contributed by atoms with Crippen LogP contribution in [0.3, 0.4) is 0 Å². The van der Waals surface area contributed by atoms with Crippen LogP contribution in [-0.4, -0.2) is 39.5 Å². The Bertz CT molecular complexity index is 1270. The molecular formula is C27H34N4O4S2. The van der Waals surface area contributed by atoms with Gasteiger partial charge in [-0.25, -0.2) is 4.79 Å². The van der Waals surface area contributed by atoms with Crippen molar-refractivity contribution in [1.82, 2.24) is 14.8 Å². The van der Waals surface area contributed by atoms with Gasteiger partial charge in [-0.2, -0.15) is 0 Å². The van der Waals surface area contributed by atoms with Crippen LogP contribution in [0.2, 0.25) is 0 Å². The number of amides is 1. The number of esters is 1. The smallest absolute Gasteiger partial charge is 0.341 e. The van der Waals surface area contributed by atoms with E-state index in [4.69, 9.17) is 9.47 Å². The fourth-order valence-electron chi connectivity index (χ4n) is 4.42. The summed E-state index contributed by atoms with van der Waals surface area (Å²) < 4.78 is 13.0. The van der Waals surface area contributed by atoms with Crippen LogP contribution in [-0.2, 0) is 35.5 Å². The summed E-state index contributed by atoms with van der Waals surface area (Å²) in [5, 5.41) is 12.8. The Balaban J connectivity index is 1.41. The number of benzene rings is 1. The highest BCUT2D eigenvalue weighted by atomic mass is 32.2. The highest BCUT2D eigenvalue weighted by Crippen LogP contribution is 2.37. The van der Waals surface area contributed by atoms with Crippen molar-refractivity contribution in [2.24, 2.45) is 0 Å². The van der Waals surface area contributed by atoms with E-state index in [1.54, 1.807) is 0 Å². The molecule has 0 radical (unpaired) electrons. The lowest BCUT2D eigenvalue weighted by molar-refractivity contribution is -0.113. The summed E-state index contributed by atoms with van der Waals surface area (Å²) >= 11 is 2.82. The van der Waals surface area contributed by atoms with Crippen molar-refractivity contribution in [1.29, 1.82) is 0 Å². The molecular weight excluding hydrogens is 508 g/mol. The van der Waals surface area contributed by atoms with Gasteiger partial charge in [0.2, 0.25) is 5.91 Å². The molecule has 10 heteroatoms. The second kappa shape index (κ2) is 12.6. The maximum Gasteiger partial charge on any atom is 0.341 e. The van der Waals surface area contributed by atoms with E-state index in [-0.39, 0.29) is 17.6 Å². The van der Waals surface area contributed by atoms with Gasteiger partial charge < -0.3 is 19.4 Å². The molecule has 0 aliphatic heterocycles. The molecule has 0 saturated carbocycles. The van der Waals surface area contributed by atoms with Crippen molar-refractivity contribution in [3.63, 3.8) is 0 Å². The van der Waals surface area contributed by atoms with E-state index in [0.29, 0.717) is 34.7 Å². The number of rotatable bonds is 9. The monoisotopic (exact) mass is 542 g/mol. The number of nitrogens with zero attached hydrogens (tertiary/aromatic N) is 3.